The van der Waals surface area contributed by atoms with Crippen molar-refractivity contribution < 1.29 is 5.32 Å². The molecule has 0 saturated carbocycles. The van der Waals surface area contributed by atoms with Crippen molar-refractivity contribution in [2.75, 3.05) is 27.2 Å². The largest absolute Gasteiger partial charge is 0.341 e. The van der Waals surface area contributed by atoms with Gasteiger partial charge in [0.1, 0.15) is 0 Å². The summed E-state index contributed by atoms with van der Waals surface area (Å²) in [6.07, 6.45) is 0. The Bertz CT molecular complexity index is 81.7. The maximum absolute atomic E-state index is 2.37. The zero-order chi connectivity index (χ0) is 8.20. The summed E-state index contributed by atoms with van der Waals surface area (Å²) < 4.78 is 0. The SMILES string of the molecule is CN(C)CC[NH2+]C(C)(C)C. The lowest BCUT2D eigenvalue weighted by molar-refractivity contribution is -0.716. The van der Waals surface area contributed by atoms with E-state index in [1.54, 1.807) is 0 Å². The van der Waals surface area contributed by atoms with Gasteiger partial charge < -0.3 is 10.2 Å². The molecule has 10 heavy (non-hydrogen) atoms. The van der Waals surface area contributed by atoms with E-state index in [9.17, 15) is 0 Å². The normalized spacial score (nSPS) is 12.6. The summed E-state index contributed by atoms with van der Waals surface area (Å²) in [6, 6.07) is 0. The summed E-state index contributed by atoms with van der Waals surface area (Å²) in [6.45, 7) is 9.07. The zero-order valence-corrected chi connectivity index (χ0v) is 7.94. The van der Waals surface area contributed by atoms with Crippen molar-refractivity contribution in [3.8, 4) is 0 Å². The molecule has 0 bridgehead atoms. The molecule has 0 aliphatic carbocycles. The standard InChI is InChI=1S/C8H20N2/c1-8(2,3)9-6-7-10(4)5/h9H,6-7H2,1-5H3/p+1. The van der Waals surface area contributed by atoms with Crippen molar-refractivity contribution in [2.24, 2.45) is 0 Å². The van der Waals surface area contributed by atoms with Gasteiger partial charge in [0.15, 0.2) is 0 Å². The minimum Gasteiger partial charge on any atom is -0.341 e. The fourth-order valence-electron chi connectivity index (χ4n) is 0.756. The molecule has 0 rings (SSSR count). The molecule has 0 spiro atoms. The minimum atomic E-state index is 0.385. The molecule has 0 heterocycles. The summed E-state index contributed by atoms with van der Waals surface area (Å²) in [5, 5.41) is 2.37. The Balaban J connectivity index is 3.21. The highest BCUT2D eigenvalue weighted by atomic mass is 15.1. The van der Waals surface area contributed by atoms with Crippen molar-refractivity contribution in [2.45, 2.75) is 26.3 Å². The van der Waals surface area contributed by atoms with Gasteiger partial charge in [0, 0.05) is 6.54 Å². The monoisotopic (exact) mass is 145 g/mol. The molecule has 2 heteroatoms. The van der Waals surface area contributed by atoms with Gasteiger partial charge in [0.2, 0.25) is 0 Å². The van der Waals surface area contributed by atoms with E-state index in [0.717, 1.165) is 6.54 Å². The van der Waals surface area contributed by atoms with Crippen LogP contribution in [0.25, 0.3) is 0 Å². The first-order chi connectivity index (χ1) is 4.42. The van der Waals surface area contributed by atoms with Crippen LogP contribution in [0.5, 0.6) is 0 Å². The number of nitrogens with zero attached hydrogens (tertiary/aromatic N) is 1. The van der Waals surface area contributed by atoms with Crippen molar-refractivity contribution in [1.29, 1.82) is 0 Å². The van der Waals surface area contributed by atoms with Crippen LogP contribution in [0.15, 0.2) is 0 Å². The highest BCUT2D eigenvalue weighted by Gasteiger charge is 2.11. The highest BCUT2D eigenvalue weighted by molar-refractivity contribution is 4.52. The van der Waals surface area contributed by atoms with Gasteiger partial charge in [-0.3, -0.25) is 0 Å². The van der Waals surface area contributed by atoms with E-state index >= 15 is 0 Å². The van der Waals surface area contributed by atoms with E-state index in [1.165, 1.54) is 6.54 Å². The van der Waals surface area contributed by atoms with Crippen LogP contribution in [-0.2, 0) is 0 Å². The molecule has 2 nitrogen and oxygen atoms in total. The third-order valence-corrected chi connectivity index (χ3v) is 1.33. The summed E-state index contributed by atoms with van der Waals surface area (Å²) in [5.74, 6) is 0. The van der Waals surface area contributed by atoms with Crippen LogP contribution < -0.4 is 5.32 Å². The van der Waals surface area contributed by atoms with E-state index in [0.29, 0.717) is 5.54 Å². The molecule has 0 atom stereocenters. The van der Waals surface area contributed by atoms with Crippen molar-refractivity contribution in [3.05, 3.63) is 0 Å². The van der Waals surface area contributed by atoms with Gasteiger partial charge in [0.25, 0.3) is 0 Å². The van der Waals surface area contributed by atoms with Gasteiger partial charge in [-0.25, -0.2) is 0 Å². The number of hydrogen-bond donors (Lipinski definition) is 1. The molecule has 0 saturated heterocycles. The van der Waals surface area contributed by atoms with Gasteiger partial charge in [-0.15, -0.1) is 0 Å². The highest BCUT2D eigenvalue weighted by Crippen LogP contribution is 1.87. The van der Waals surface area contributed by atoms with Gasteiger partial charge in [-0.05, 0) is 34.9 Å². The van der Waals surface area contributed by atoms with E-state index < -0.39 is 0 Å². The smallest absolute Gasteiger partial charge is 0.0888 e. The minimum absolute atomic E-state index is 0.385. The fraction of sp³-hybridized carbons (Fsp3) is 1.00. The van der Waals surface area contributed by atoms with Crippen molar-refractivity contribution in [3.63, 3.8) is 0 Å². The lowest BCUT2D eigenvalue weighted by Crippen LogP contribution is -2.95. The Labute approximate surface area is 64.6 Å². The van der Waals surface area contributed by atoms with Crippen LogP contribution in [0.1, 0.15) is 20.8 Å². The average molecular weight is 145 g/mol. The van der Waals surface area contributed by atoms with E-state index in [2.05, 4.69) is 45.1 Å². The first kappa shape index (κ1) is 9.92. The second-order valence-corrected chi connectivity index (χ2v) is 4.16. The molecule has 0 aromatic carbocycles. The summed E-state index contributed by atoms with van der Waals surface area (Å²) in [4.78, 5) is 2.21. The summed E-state index contributed by atoms with van der Waals surface area (Å²) >= 11 is 0. The topological polar surface area (TPSA) is 19.9 Å². The van der Waals surface area contributed by atoms with Crippen molar-refractivity contribution >= 4 is 0 Å². The maximum atomic E-state index is 2.37. The summed E-state index contributed by atoms with van der Waals surface area (Å²) in [5.41, 5.74) is 0.385. The summed E-state index contributed by atoms with van der Waals surface area (Å²) in [7, 11) is 4.22. The predicted molar refractivity (Wildman–Crippen MR) is 45.1 cm³/mol. The molecular formula is C8H21N2+. The number of nitrogens with two attached hydrogens (primary N) is 1. The first-order valence-corrected chi connectivity index (χ1v) is 3.91. The van der Waals surface area contributed by atoms with Gasteiger partial charge >= 0.3 is 0 Å². The maximum Gasteiger partial charge on any atom is 0.0888 e. The molecule has 0 fully saturated rings. The molecule has 2 N–H and O–H groups in total. The molecule has 0 aromatic heterocycles. The molecule has 0 radical (unpaired) electrons. The Kier molecular flexibility index (Phi) is 3.91. The van der Waals surface area contributed by atoms with Crippen LogP contribution in [0.4, 0.5) is 0 Å². The lowest BCUT2D eigenvalue weighted by Gasteiger charge is -2.18. The van der Waals surface area contributed by atoms with E-state index in [-0.39, 0.29) is 0 Å². The second-order valence-electron chi connectivity index (χ2n) is 4.16. The molecule has 62 valence electrons. The Morgan fingerprint density at radius 2 is 1.70 bits per heavy atom. The molecule has 0 aliphatic heterocycles. The van der Waals surface area contributed by atoms with Crippen molar-refractivity contribution in [1.82, 2.24) is 4.90 Å². The molecule has 0 amide bonds. The number of likely N-dealkylation sites (N-methyl/N-ethyl adjacent to an activating group) is 1. The third kappa shape index (κ3) is 7.92. The fourth-order valence-corrected chi connectivity index (χ4v) is 0.756. The van der Waals surface area contributed by atoms with Crippen LogP contribution >= 0.6 is 0 Å². The van der Waals surface area contributed by atoms with Crippen LogP contribution in [-0.4, -0.2) is 37.6 Å². The number of quaternary nitrogens is 1. The Morgan fingerprint density at radius 3 is 2.00 bits per heavy atom. The van der Waals surface area contributed by atoms with E-state index in [1.807, 2.05) is 0 Å². The predicted octanol–water partition coefficient (Wildman–Crippen LogP) is -0.0901. The zero-order valence-electron chi connectivity index (χ0n) is 7.94. The third-order valence-electron chi connectivity index (χ3n) is 1.33. The van der Waals surface area contributed by atoms with Crippen LogP contribution in [0, 0.1) is 0 Å². The van der Waals surface area contributed by atoms with Gasteiger partial charge in [-0.2, -0.15) is 0 Å². The molecule has 0 unspecified atom stereocenters. The Morgan fingerprint density at radius 1 is 1.20 bits per heavy atom. The lowest BCUT2D eigenvalue weighted by atomic mass is 10.1. The van der Waals surface area contributed by atoms with Crippen LogP contribution in [0.2, 0.25) is 0 Å². The van der Waals surface area contributed by atoms with Gasteiger partial charge in [0.05, 0.1) is 12.1 Å². The second kappa shape index (κ2) is 3.94. The molecule has 0 aromatic rings. The molecular weight excluding hydrogens is 124 g/mol. The Hall–Kier alpha value is -0.0800. The average Bonchev–Trinajstić information content (AvgIpc) is 1.59. The van der Waals surface area contributed by atoms with Crippen LogP contribution in [0.3, 0.4) is 0 Å². The first-order valence-electron chi connectivity index (χ1n) is 3.91. The molecule has 0 aliphatic rings. The van der Waals surface area contributed by atoms with E-state index in [4.69, 9.17) is 0 Å². The quantitative estimate of drug-likeness (QED) is 0.588. The number of hydrogen-bond acceptors (Lipinski definition) is 1. The van der Waals surface area contributed by atoms with Gasteiger partial charge in [-0.1, -0.05) is 0 Å². The number of rotatable bonds is 3.